The molecule has 4 fully saturated rings. The van der Waals surface area contributed by atoms with Gasteiger partial charge in [-0.1, -0.05) is 0 Å². The molecule has 0 bridgehead atoms. The summed E-state index contributed by atoms with van der Waals surface area (Å²) in [7, 11) is 0. The molecule has 5 aliphatic rings. The number of carbonyl (C=O) groups is 1. The number of hydrogen-bond donors (Lipinski definition) is 0. The van der Waals surface area contributed by atoms with Gasteiger partial charge in [0.2, 0.25) is 0 Å². The third-order valence-electron chi connectivity index (χ3n) is 11.6. The number of rotatable bonds is 12. The molecule has 1 amide bonds. The third kappa shape index (κ3) is 6.94. The maximum atomic E-state index is 14.4. The standard InChI is InChI=1S/C39H51FN8O4/c1-26(2)48(27(3)4)37(49)30-17-28(40)7-8-33(30)52-36-35(42-25-43-44-36)47-21-38(22-47)18-29(19-38)51-34-9-12-41-32-10-15-45(20-31(32)34)13-6-14-46-23-39(24-46)11-5-16-50-39/h7-9,12,17,25-27,29H,5-6,10-11,13-16,18-24H2,1-4H3. The lowest BCUT2D eigenvalue weighted by molar-refractivity contribution is -0.111. The average molecular weight is 715 g/mol. The predicted molar refractivity (Wildman–Crippen MR) is 193 cm³/mol. The number of halogens is 1. The summed E-state index contributed by atoms with van der Waals surface area (Å²) < 4.78 is 33.3. The maximum absolute atomic E-state index is 14.4. The molecule has 1 aliphatic carbocycles. The number of pyridine rings is 1. The Bertz CT molecular complexity index is 1750. The van der Waals surface area contributed by atoms with E-state index in [9.17, 15) is 9.18 Å². The molecule has 4 aliphatic heterocycles. The zero-order chi connectivity index (χ0) is 36.0. The number of likely N-dealkylation sites (tertiary alicyclic amines) is 1. The number of aromatic nitrogens is 4. The first-order valence-electron chi connectivity index (χ1n) is 19.0. The van der Waals surface area contributed by atoms with Crippen molar-refractivity contribution in [1.29, 1.82) is 0 Å². The van der Waals surface area contributed by atoms with E-state index in [1.807, 2.05) is 40.0 Å². The highest BCUT2D eigenvalue weighted by molar-refractivity contribution is 5.97. The van der Waals surface area contributed by atoms with Crippen molar-refractivity contribution in [2.24, 2.45) is 5.41 Å². The molecule has 2 aromatic heterocycles. The lowest BCUT2D eigenvalue weighted by atomic mass is 9.61. The van der Waals surface area contributed by atoms with Gasteiger partial charge in [-0.3, -0.25) is 19.6 Å². The van der Waals surface area contributed by atoms with E-state index >= 15 is 0 Å². The van der Waals surface area contributed by atoms with E-state index in [4.69, 9.17) is 19.2 Å². The van der Waals surface area contributed by atoms with Crippen LogP contribution in [0, 0.1) is 11.2 Å². The van der Waals surface area contributed by atoms with Gasteiger partial charge in [0.1, 0.15) is 29.7 Å². The van der Waals surface area contributed by atoms with Gasteiger partial charge in [0, 0.05) is 87.2 Å². The number of hydrogen-bond acceptors (Lipinski definition) is 11. The fourth-order valence-corrected chi connectivity index (χ4v) is 9.17. The van der Waals surface area contributed by atoms with E-state index in [-0.39, 0.29) is 52.3 Å². The van der Waals surface area contributed by atoms with Crippen LogP contribution in [0.15, 0.2) is 36.8 Å². The minimum atomic E-state index is -0.512. The van der Waals surface area contributed by atoms with Crippen LogP contribution in [-0.4, -0.2) is 117 Å². The van der Waals surface area contributed by atoms with Crippen LogP contribution in [0.2, 0.25) is 0 Å². The first kappa shape index (κ1) is 35.1. The van der Waals surface area contributed by atoms with Gasteiger partial charge < -0.3 is 24.0 Å². The molecule has 2 spiro atoms. The molecule has 6 heterocycles. The van der Waals surface area contributed by atoms with Gasteiger partial charge in [-0.15, -0.1) is 10.2 Å². The lowest BCUT2D eigenvalue weighted by Crippen LogP contribution is -2.65. The molecule has 1 saturated carbocycles. The van der Waals surface area contributed by atoms with Gasteiger partial charge in [0.25, 0.3) is 11.8 Å². The molecular formula is C39H51FN8O4. The fourth-order valence-electron chi connectivity index (χ4n) is 9.17. The van der Waals surface area contributed by atoms with Gasteiger partial charge >= 0.3 is 0 Å². The summed E-state index contributed by atoms with van der Waals surface area (Å²) in [6.45, 7) is 16.6. The minimum Gasteiger partial charge on any atom is -0.490 e. The summed E-state index contributed by atoms with van der Waals surface area (Å²) >= 11 is 0. The first-order valence-corrected chi connectivity index (χ1v) is 19.0. The van der Waals surface area contributed by atoms with Crippen molar-refractivity contribution in [2.75, 3.05) is 57.3 Å². The Labute approximate surface area is 305 Å². The molecule has 0 N–H and O–H groups in total. The number of nitrogens with zero attached hydrogens (tertiary/aromatic N) is 8. The van der Waals surface area contributed by atoms with Crippen LogP contribution in [0.5, 0.6) is 17.4 Å². The monoisotopic (exact) mass is 714 g/mol. The number of benzene rings is 1. The van der Waals surface area contributed by atoms with Crippen molar-refractivity contribution in [3.63, 3.8) is 0 Å². The molecule has 0 radical (unpaired) electrons. The van der Waals surface area contributed by atoms with Crippen LogP contribution in [0.25, 0.3) is 0 Å². The van der Waals surface area contributed by atoms with E-state index in [1.54, 1.807) is 4.90 Å². The van der Waals surface area contributed by atoms with Crippen molar-refractivity contribution in [1.82, 2.24) is 34.9 Å². The van der Waals surface area contributed by atoms with Crippen molar-refractivity contribution in [3.05, 3.63) is 59.4 Å². The average Bonchev–Trinajstić information content (AvgIpc) is 3.56. The largest absolute Gasteiger partial charge is 0.490 e. The summed E-state index contributed by atoms with van der Waals surface area (Å²) in [5.74, 6) is 1.12. The van der Waals surface area contributed by atoms with E-state index in [0.29, 0.717) is 5.82 Å². The zero-order valence-electron chi connectivity index (χ0n) is 30.9. The first-order chi connectivity index (χ1) is 25.1. The summed E-state index contributed by atoms with van der Waals surface area (Å²) in [4.78, 5) is 31.7. The van der Waals surface area contributed by atoms with E-state index in [1.165, 1.54) is 42.9 Å². The fraction of sp³-hybridized carbons (Fsp3) is 0.615. The van der Waals surface area contributed by atoms with Crippen molar-refractivity contribution in [2.45, 2.75) is 96.6 Å². The molecule has 0 atom stereocenters. The smallest absolute Gasteiger partial charge is 0.282 e. The quantitative estimate of drug-likeness (QED) is 0.250. The Kier molecular flexibility index (Phi) is 9.54. The molecule has 3 aromatic rings. The van der Waals surface area contributed by atoms with Crippen molar-refractivity contribution in [3.8, 4) is 17.4 Å². The van der Waals surface area contributed by atoms with Gasteiger partial charge in [-0.25, -0.2) is 9.37 Å². The predicted octanol–water partition coefficient (Wildman–Crippen LogP) is 5.12. The van der Waals surface area contributed by atoms with Gasteiger partial charge in [-0.2, -0.15) is 0 Å². The highest BCUT2D eigenvalue weighted by atomic mass is 19.1. The summed E-state index contributed by atoms with van der Waals surface area (Å²) in [6.07, 6.45) is 9.90. The number of ether oxygens (including phenoxy) is 3. The summed E-state index contributed by atoms with van der Waals surface area (Å²) in [6, 6.07) is 5.86. The number of carbonyl (C=O) groups excluding carboxylic acids is 1. The number of anilines is 1. The van der Waals surface area contributed by atoms with Gasteiger partial charge in [0.05, 0.1) is 11.2 Å². The topological polar surface area (TPSA) is 109 Å². The van der Waals surface area contributed by atoms with Crippen LogP contribution < -0.4 is 14.4 Å². The molecule has 52 heavy (non-hydrogen) atoms. The molecule has 1 aromatic carbocycles. The number of amides is 1. The highest BCUT2D eigenvalue weighted by Crippen LogP contribution is 2.52. The normalized spacial score (nSPS) is 20.9. The number of fused-ring (bicyclic) bond motifs is 1. The van der Waals surface area contributed by atoms with Crippen molar-refractivity contribution >= 4 is 11.7 Å². The Morgan fingerprint density at radius 1 is 1.04 bits per heavy atom. The second kappa shape index (κ2) is 14.1. The van der Waals surface area contributed by atoms with Crippen LogP contribution in [-0.2, 0) is 17.7 Å². The van der Waals surface area contributed by atoms with E-state index < -0.39 is 5.82 Å². The zero-order valence-corrected chi connectivity index (χ0v) is 30.9. The van der Waals surface area contributed by atoms with E-state index in [0.717, 1.165) is 96.1 Å². The Hall–Kier alpha value is -3.94. The SMILES string of the molecule is CC(C)N(C(=O)c1cc(F)ccc1Oc1nncnc1N1CC2(CC(Oc3ccnc4c3CN(CCCN3CC5(CCCO5)C3)CC4)C2)C1)C(C)C. The van der Waals surface area contributed by atoms with Crippen molar-refractivity contribution < 1.29 is 23.4 Å². The Morgan fingerprint density at radius 2 is 1.83 bits per heavy atom. The highest BCUT2D eigenvalue weighted by Gasteiger charge is 2.54. The molecule has 0 unspecified atom stereocenters. The van der Waals surface area contributed by atoms with Gasteiger partial charge in [0.15, 0.2) is 5.82 Å². The molecule has 8 rings (SSSR count). The molecule has 278 valence electrons. The molecule has 12 nitrogen and oxygen atoms in total. The van der Waals surface area contributed by atoms with Gasteiger partial charge in [-0.05, 0) is 97.2 Å². The lowest BCUT2D eigenvalue weighted by Gasteiger charge is -2.58. The minimum absolute atomic E-state index is 0.0747. The van der Waals surface area contributed by atoms with Crippen LogP contribution >= 0.6 is 0 Å². The second-order valence-corrected chi connectivity index (χ2v) is 16.2. The molecular weight excluding hydrogens is 663 g/mol. The Balaban J connectivity index is 0.854. The second-order valence-electron chi connectivity index (χ2n) is 16.2. The van der Waals surface area contributed by atoms with E-state index in [2.05, 4.69) is 29.9 Å². The summed E-state index contributed by atoms with van der Waals surface area (Å²) in [5.41, 5.74) is 2.85. The molecule has 13 heteroatoms. The Morgan fingerprint density at radius 3 is 2.58 bits per heavy atom. The third-order valence-corrected chi connectivity index (χ3v) is 11.6. The van der Waals surface area contributed by atoms with Crippen LogP contribution in [0.4, 0.5) is 10.2 Å². The maximum Gasteiger partial charge on any atom is 0.282 e. The molecule has 3 saturated heterocycles. The van der Waals surface area contributed by atoms with Crippen LogP contribution in [0.3, 0.4) is 0 Å². The van der Waals surface area contributed by atoms with Crippen LogP contribution in [0.1, 0.15) is 81.4 Å². The summed E-state index contributed by atoms with van der Waals surface area (Å²) in [5, 5.41) is 8.20.